The van der Waals surface area contributed by atoms with Gasteiger partial charge in [0.1, 0.15) is 11.0 Å². The van der Waals surface area contributed by atoms with E-state index < -0.39 is 0 Å². The normalized spacial score (nSPS) is 11.0. The molecule has 0 atom stereocenters. The average Bonchev–Trinajstić information content (AvgIpc) is 2.75. The second-order valence-electron chi connectivity index (χ2n) is 5.57. The molecule has 0 aliphatic heterocycles. The molecule has 5 nitrogen and oxygen atoms in total. The first-order chi connectivity index (χ1) is 10.9. The molecule has 0 fully saturated rings. The SMILES string of the molecule is Cc1nn(-c2ccc(F)cc2)c(Cl)c1CNCC(=O)NC(C)C. The van der Waals surface area contributed by atoms with Crippen molar-refractivity contribution in [3.8, 4) is 5.69 Å². The van der Waals surface area contributed by atoms with Gasteiger partial charge in [-0.25, -0.2) is 9.07 Å². The van der Waals surface area contributed by atoms with Crippen LogP contribution in [0, 0.1) is 12.7 Å². The van der Waals surface area contributed by atoms with Crippen LogP contribution in [0.25, 0.3) is 5.69 Å². The summed E-state index contributed by atoms with van der Waals surface area (Å²) in [4.78, 5) is 11.6. The Labute approximate surface area is 139 Å². The summed E-state index contributed by atoms with van der Waals surface area (Å²) >= 11 is 6.37. The molecular weight excluding hydrogens is 319 g/mol. The van der Waals surface area contributed by atoms with Crippen LogP contribution < -0.4 is 10.6 Å². The number of hydrogen-bond donors (Lipinski definition) is 2. The lowest BCUT2D eigenvalue weighted by Crippen LogP contribution is -2.37. The fraction of sp³-hybridized carbons (Fsp3) is 0.375. The van der Waals surface area contributed by atoms with E-state index in [4.69, 9.17) is 11.6 Å². The Hall–Kier alpha value is -1.92. The molecule has 0 unspecified atom stereocenters. The van der Waals surface area contributed by atoms with E-state index in [-0.39, 0.29) is 24.3 Å². The largest absolute Gasteiger partial charge is 0.353 e. The third-order valence-corrected chi connectivity index (χ3v) is 3.62. The van der Waals surface area contributed by atoms with Crippen molar-refractivity contribution in [3.05, 3.63) is 46.5 Å². The first-order valence-electron chi connectivity index (χ1n) is 7.38. The summed E-state index contributed by atoms with van der Waals surface area (Å²) in [6, 6.07) is 6.05. The van der Waals surface area contributed by atoms with Crippen LogP contribution in [0.5, 0.6) is 0 Å². The molecule has 2 rings (SSSR count). The fourth-order valence-electron chi connectivity index (χ4n) is 2.16. The zero-order chi connectivity index (χ0) is 17.0. The molecule has 23 heavy (non-hydrogen) atoms. The van der Waals surface area contributed by atoms with E-state index in [0.29, 0.717) is 17.4 Å². The lowest BCUT2D eigenvalue weighted by Gasteiger charge is -2.09. The topological polar surface area (TPSA) is 59.0 Å². The Morgan fingerprint density at radius 3 is 2.61 bits per heavy atom. The fourth-order valence-corrected chi connectivity index (χ4v) is 2.50. The van der Waals surface area contributed by atoms with Crippen LogP contribution in [0.4, 0.5) is 4.39 Å². The average molecular weight is 339 g/mol. The molecule has 7 heteroatoms. The first kappa shape index (κ1) is 17.4. The van der Waals surface area contributed by atoms with Crippen LogP contribution >= 0.6 is 11.6 Å². The molecule has 1 aromatic heterocycles. The van der Waals surface area contributed by atoms with Crippen molar-refractivity contribution in [1.29, 1.82) is 0 Å². The molecule has 0 aliphatic rings. The number of hydrogen-bond acceptors (Lipinski definition) is 3. The summed E-state index contributed by atoms with van der Waals surface area (Å²) < 4.78 is 14.6. The van der Waals surface area contributed by atoms with Gasteiger partial charge in [-0.1, -0.05) is 11.6 Å². The van der Waals surface area contributed by atoms with Gasteiger partial charge < -0.3 is 10.6 Å². The van der Waals surface area contributed by atoms with Gasteiger partial charge in [0.2, 0.25) is 5.91 Å². The number of carbonyl (C=O) groups is 1. The molecular formula is C16H20ClFN4O. The lowest BCUT2D eigenvalue weighted by atomic mass is 10.2. The zero-order valence-electron chi connectivity index (χ0n) is 13.4. The number of halogens is 2. The van der Waals surface area contributed by atoms with Gasteiger partial charge in [-0.05, 0) is 45.0 Å². The van der Waals surface area contributed by atoms with Gasteiger partial charge >= 0.3 is 0 Å². The predicted octanol–water partition coefficient (Wildman–Crippen LogP) is 2.59. The Morgan fingerprint density at radius 2 is 2.00 bits per heavy atom. The predicted molar refractivity (Wildman–Crippen MR) is 88.3 cm³/mol. The van der Waals surface area contributed by atoms with Crippen LogP contribution in [0.1, 0.15) is 25.1 Å². The van der Waals surface area contributed by atoms with Crippen molar-refractivity contribution >= 4 is 17.5 Å². The van der Waals surface area contributed by atoms with Crippen molar-refractivity contribution < 1.29 is 9.18 Å². The summed E-state index contributed by atoms with van der Waals surface area (Å²) in [6.07, 6.45) is 0. The molecule has 2 aromatic rings. The monoisotopic (exact) mass is 338 g/mol. The van der Waals surface area contributed by atoms with Crippen LogP contribution in [0.2, 0.25) is 5.15 Å². The number of benzene rings is 1. The van der Waals surface area contributed by atoms with Crippen LogP contribution in [-0.2, 0) is 11.3 Å². The maximum atomic E-state index is 13.0. The summed E-state index contributed by atoms with van der Waals surface area (Å²) in [5, 5.41) is 10.7. The van der Waals surface area contributed by atoms with E-state index in [1.54, 1.807) is 16.8 Å². The highest BCUT2D eigenvalue weighted by atomic mass is 35.5. The van der Waals surface area contributed by atoms with E-state index in [2.05, 4.69) is 15.7 Å². The molecule has 0 spiro atoms. The second-order valence-corrected chi connectivity index (χ2v) is 5.93. The van der Waals surface area contributed by atoms with Gasteiger partial charge in [0, 0.05) is 18.2 Å². The third kappa shape index (κ3) is 4.53. The molecule has 0 bridgehead atoms. The van der Waals surface area contributed by atoms with Crippen molar-refractivity contribution in [2.75, 3.05) is 6.54 Å². The number of carbonyl (C=O) groups excluding carboxylic acids is 1. The van der Waals surface area contributed by atoms with Crippen molar-refractivity contribution in [2.45, 2.75) is 33.4 Å². The van der Waals surface area contributed by atoms with Gasteiger partial charge in [-0.2, -0.15) is 5.10 Å². The minimum atomic E-state index is -0.313. The number of amides is 1. The van der Waals surface area contributed by atoms with Gasteiger partial charge in [-0.3, -0.25) is 4.79 Å². The molecule has 2 N–H and O–H groups in total. The molecule has 0 radical (unpaired) electrons. The summed E-state index contributed by atoms with van der Waals surface area (Å²) in [7, 11) is 0. The van der Waals surface area contributed by atoms with Crippen LogP contribution in [0.3, 0.4) is 0 Å². The lowest BCUT2D eigenvalue weighted by molar-refractivity contribution is -0.120. The standard InChI is InChI=1S/C16H20ClFN4O/c1-10(2)20-15(23)9-19-8-14-11(3)21-22(16(14)17)13-6-4-12(18)5-7-13/h4-7,10,19H,8-9H2,1-3H3,(H,20,23). The first-order valence-corrected chi connectivity index (χ1v) is 7.76. The van der Waals surface area contributed by atoms with Gasteiger partial charge in [0.25, 0.3) is 0 Å². The number of nitrogens with zero attached hydrogens (tertiary/aromatic N) is 2. The highest BCUT2D eigenvalue weighted by Gasteiger charge is 2.15. The minimum absolute atomic E-state index is 0.0697. The maximum absolute atomic E-state index is 13.0. The van der Waals surface area contributed by atoms with Crippen molar-refractivity contribution in [2.24, 2.45) is 0 Å². The number of nitrogens with one attached hydrogen (secondary N) is 2. The van der Waals surface area contributed by atoms with E-state index in [1.807, 2.05) is 20.8 Å². The molecule has 0 aliphatic carbocycles. The quantitative estimate of drug-likeness (QED) is 0.851. The molecule has 1 heterocycles. The van der Waals surface area contributed by atoms with Crippen LogP contribution in [0.15, 0.2) is 24.3 Å². The van der Waals surface area contributed by atoms with Gasteiger partial charge in [0.05, 0.1) is 17.9 Å². The summed E-state index contributed by atoms with van der Waals surface area (Å²) in [6.45, 7) is 6.29. The van der Waals surface area contributed by atoms with E-state index in [9.17, 15) is 9.18 Å². The Balaban J connectivity index is 2.06. The van der Waals surface area contributed by atoms with Gasteiger partial charge in [-0.15, -0.1) is 0 Å². The molecule has 0 saturated heterocycles. The van der Waals surface area contributed by atoms with Gasteiger partial charge in [0.15, 0.2) is 0 Å². The van der Waals surface area contributed by atoms with E-state index in [1.165, 1.54) is 12.1 Å². The maximum Gasteiger partial charge on any atom is 0.234 e. The summed E-state index contributed by atoms with van der Waals surface area (Å²) in [5.41, 5.74) is 2.26. The Bertz CT molecular complexity index is 682. The van der Waals surface area contributed by atoms with Crippen molar-refractivity contribution in [1.82, 2.24) is 20.4 Å². The smallest absolute Gasteiger partial charge is 0.234 e. The molecule has 124 valence electrons. The summed E-state index contributed by atoms with van der Waals surface area (Å²) in [5.74, 6) is -0.383. The number of rotatable bonds is 6. The molecule has 1 amide bonds. The van der Waals surface area contributed by atoms with Crippen LogP contribution in [-0.4, -0.2) is 28.3 Å². The molecule has 0 saturated carbocycles. The number of aromatic nitrogens is 2. The minimum Gasteiger partial charge on any atom is -0.353 e. The highest BCUT2D eigenvalue weighted by molar-refractivity contribution is 6.30. The van der Waals surface area contributed by atoms with E-state index in [0.717, 1.165) is 11.3 Å². The zero-order valence-corrected chi connectivity index (χ0v) is 14.1. The second kappa shape index (κ2) is 7.57. The van der Waals surface area contributed by atoms with E-state index >= 15 is 0 Å². The number of aryl methyl sites for hydroxylation is 1. The Morgan fingerprint density at radius 1 is 1.35 bits per heavy atom. The van der Waals surface area contributed by atoms with Crippen molar-refractivity contribution in [3.63, 3.8) is 0 Å². The molecule has 1 aromatic carbocycles. The Kier molecular flexibility index (Phi) is 5.74. The third-order valence-electron chi connectivity index (χ3n) is 3.23. The highest BCUT2D eigenvalue weighted by Crippen LogP contribution is 2.23.